The Morgan fingerprint density at radius 3 is 2.38 bits per heavy atom. The molecule has 5 rings (SSSR count). The number of nitro groups is 1. The average Bonchev–Trinajstić information content (AvgIpc) is 3.45. The first-order chi connectivity index (χ1) is 22.3. The molecule has 0 saturated carbocycles. The lowest BCUT2D eigenvalue weighted by molar-refractivity contribution is -0.383. The molecule has 1 saturated heterocycles. The predicted molar refractivity (Wildman–Crippen MR) is 177 cm³/mol. The number of halogens is 1. The summed E-state index contributed by atoms with van der Waals surface area (Å²) in [6, 6.07) is 15.2. The van der Waals surface area contributed by atoms with Crippen LogP contribution in [0.4, 0.5) is 22.7 Å². The minimum atomic E-state index is -3.50. The highest BCUT2D eigenvalue weighted by Crippen LogP contribution is 2.39. The summed E-state index contributed by atoms with van der Waals surface area (Å²) in [7, 11) is -0.554. The highest BCUT2D eigenvalue weighted by molar-refractivity contribution is 7.92. The van der Waals surface area contributed by atoms with Crippen molar-refractivity contribution in [1.82, 2.24) is 10.4 Å². The maximum absolute atomic E-state index is 13.7. The van der Waals surface area contributed by atoms with E-state index in [9.17, 15) is 28.1 Å². The van der Waals surface area contributed by atoms with Crippen molar-refractivity contribution in [3.8, 4) is 5.75 Å². The fraction of sp³-hybridized carbons (Fsp3) is 0.290. The van der Waals surface area contributed by atoms with E-state index in [4.69, 9.17) is 21.2 Å². The summed E-state index contributed by atoms with van der Waals surface area (Å²) < 4.78 is 30.2. The van der Waals surface area contributed by atoms with Gasteiger partial charge >= 0.3 is 0 Å². The fourth-order valence-corrected chi connectivity index (χ4v) is 6.22. The van der Waals surface area contributed by atoms with Gasteiger partial charge in [-0.05, 0) is 43.3 Å². The van der Waals surface area contributed by atoms with E-state index in [1.165, 1.54) is 43.4 Å². The standard InChI is InChI=1S/C31H33ClN6O8S/c1-19-28(29(34-46-19)22-7-5-6-8-27(22)45-3)31(40)37-15-13-36(14-16-37)25-18-24(26(38(41)42)17-23(25)32)33-30(39)20-9-11-21(12-10-20)35(2)47(4,43)44/h5-12,17-18,29,34H,13-16H2,1-4H3,(H,33,39). The molecule has 0 bridgehead atoms. The largest absolute Gasteiger partial charge is 0.496 e. The molecule has 16 heteroatoms. The molecule has 0 aromatic heterocycles. The van der Waals surface area contributed by atoms with Gasteiger partial charge in [0.05, 0.1) is 40.3 Å². The molecule has 2 aliphatic rings. The molecule has 0 radical (unpaired) electrons. The number of hydrogen-bond donors (Lipinski definition) is 2. The number of amides is 2. The van der Waals surface area contributed by atoms with Crippen LogP contribution in [0.5, 0.6) is 5.75 Å². The van der Waals surface area contributed by atoms with Gasteiger partial charge in [-0.25, -0.2) is 8.42 Å². The Kier molecular flexibility index (Phi) is 9.60. The first-order valence-electron chi connectivity index (χ1n) is 14.4. The van der Waals surface area contributed by atoms with E-state index in [-0.39, 0.29) is 22.2 Å². The molecule has 0 spiro atoms. The van der Waals surface area contributed by atoms with Crippen LogP contribution in [0, 0.1) is 10.1 Å². The number of carbonyl (C=O) groups is 2. The van der Waals surface area contributed by atoms with Crippen LogP contribution in [-0.4, -0.2) is 76.6 Å². The van der Waals surface area contributed by atoms with Gasteiger partial charge in [0.15, 0.2) is 0 Å². The van der Waals surface area contributed by atoms with Crippen molar-refractivity contribution in [1.29, 1.82) is 0 Å². The van der Waals surface area contributed by atoms with Gasteiger partial charge in [-0.2, -0.15) is 0 Å². The molecule has 1 unspecified atom stereocenters. The van der Waals surface area contributed by atoms with Gasteiger partial charge in [-0.3, -0.25) is 24.0 Å². The Bertz CT molecular complexity index is 1860. The van der Waals surface area contributed by atoms with E-state index >= 15 is 0 Å². The number of nitro benzene ring substituents is 1. The molecule has 1 fully saturated rings. The van der Waals surface area contributed by atoms with Crippen LogP contribution < -0.4 is 24.7 Å². The Labute approximate surface area is 276 Å². The number of hydroxylamine groups is 1. The number of nitrogens with zero attached hydrogens (tertiary/aromatic N) is 4. The fourth-order valence-electron chi connectivity index (χ4n) is 5.44. The molecule has 2 aliphatic heterocycles. The number of benzene rings is 3. The van der Waals surface area contributed by atoms with Crippen molar-refractivity contribution in [3.05, 3.63) is 98.3 Å². The van der Waals surface area contributed by atoms with Crippen LogP contribution in [0.1, 0.15) is 28.9 Å². The van der Waals surface area contributed by atoms with E-state index < -0.39 is 32.6 Å². The molecule has 3 aromatic carbocycles. The van der Waals surface area contributed by atoms with E-state index in [1.807, 2.05) is 29.2 Å². The van der Waals surface area contributed by atoms with Gasteiger partial charge in [-0.15, -0.1) is 5.48 Å². The van der Waals surface area contributed by atoms with E-state index in [0.717, 1.165) is 16.1 Å². The highest BCUT2D eigenvalue weighted by Gasteiger charge is 2.37. The van der Waals surface area contributed by atoms with Gasteiger partial charge in [0.2, 0.25) is 10.0 Å². The number of methoxy groups -OCH3 is 1. The third kappa shape index (κ3) is 6.96. The lowest BCUT2D eigenvalue weighted by atomic mass is 9.97. The smallest absolute Gasteiger partial charge is 0.294 e. The van der Waals surface area contributed by atoms with Crippen LogP contribution >= 0.6 is 11.6 Å². The molecular weight excluding hydrogens is 652 g/mol. The number of rotatable bonds is 9. The van der Waals surface area contributed by atoms with Crippen molar-refractivity contribution in [2.24, 2.45) is 0 Å². The third-order valence-corrected chi connectivity index (χ3v) is 9.59. The zero-order chi connectivity index (χ0) is 34.0. The summed E-state index contributed by atoms with van der Waals surface area (Å²) in [6.45, 7) is 3.12. The normalized spacial score (nSPS) is 16.5. The van der Waals surface area contributed by atoms with Crippen LogP contribution in [0.2, 0.25) is 5.02 Å². The summed E-state index contributed by atoms with van der Waals surface area (Å²) in [5, 5.41) is 14.6. The van der Waals surface area contributed by atoms with Crippen LogP contribution in [0.25, 0.3) is 0 Å². The monoisotopic (exact) mass is 684 g/mol. The summed E-state index contributed by atoms with van der Waals surface area (Å²) >= 11 is 6.52. The zero-order valence-corrected chi connectivity index (χ0v) is 27.6. The summed E-state index contributed by atoms with van der Waals surface area (Å²) in [5.41, 5.74) is 4.66. The highest BCUT2D eigenvalue weighted by atomic mass is 35.5. The summed E-state index contributed by atoms with van der Waals surface area (Å²) in [5.74, 6) is 0.250. The molecule has 47 heavy (non-hydrogen) atoms. The van der Waals surface area contributed by atoms with E-state index in [1.54, 1.807) is 18.9 Å². The summed E-state index contributed by atoms with van der Waals surface area (Å²) in [6.07, 6.45) is 1.06. The minimum absolute atomic E-state index is 0.0650. The molecular formula is C31H33ClN6O8S. The molecule has 2 N–H and O–H groups in total. The minimum Gasteiger partial charge on any atom is -0.496 e. The lowest BCUT2D eigenvalue weighted by Crippen LogP contribution is -2.49. The van der Waals surface area contributed by atoms with Crippen molar-refractivity contribution in [3.63, 3.8) is 0 Å². The van der Waals surface area contributed by atoms with E-state index in [0.29, 0.717) is 54.6 Å². The van der Waals surface area contributed by atoms with Gasteiger partial charge in [0.1, 0.15) is 23.2 Å². The maximum Gasteiger partial charge on any atom is 0.294 e. The van der Waals surface area contributed by atoms with Gasteiger partial charge in [-0.1, -0.05) is 29.8 Å². The number of ether oxygens (including phenoxy) is 1. The molecule has 0 aliphatic carbocycles. The second kappa shape index (κ2) is 13.5. The van der Waals surface area contributed by atoms with Crippen molar-refractivity contribution in [2.45, 2.75) is 13.0 Å². The van der Waals surface area contributed by atoms with Crippen LogP contribution in [0.15, 0.2) is 72.0 Å². The quantitative estimate of drug-likeness (QED) is 0.248. The number of hydrogen-bond acceptors (Lipinski definition) is 10. The summed E-state index contributed by atoms with van der Waals surface area (Å²) in [4.78, 5) is 47.3. The van der Waals surface area contributed by atoms with Crippen molar-refractivity contribution >= 4 is 56.2 Å². The van der Waals surface area contributed by atoms with Crippen molar-refractivity contribution < 1.29 is 32.5 Å². The first kappa shape index (κ1) is 33.5. The number of allylic oxidation sites excluding steroid dienone is 1. The average molecular weight is 685 g/mol. The van der Waals surface area contributed by atoms with Crippen LogP contribution in [-0.2, 0) is 19.7 Å². The zero-order valence-electron chi connectivity index (χ0n) is 26.0. The number of anilines is 3. The van der Waals surface area contributed by atoms with Gasteiger partial charge < -0.3 is 24.7 Å². The third-order valence-electron chi connectivity index (χ3n) is 8.09. The molecule has 3 aromatic rings. The number of para-hydroxylation sites is 1. The molecule has 2 heterocycles. The maximum atomic E-state index is 13.7. The second-order valence-corrected chi connectivity index (χ2v) is 13.4. The molecule has 1 atom stereocenters. The second-order valence-electron chi connectivity index (χ2n) is 11.0. The Morgan fingerprint density at radius 2 is 1.77 bits per heavy atom. The topological polar surface area (TPSA) is 164 Å². The number of piperazine rings is 1. The van der Waals surface area contributed by atoms with E-state index in [2.05, 4.69) is 10.8 Å². The van der Waals surface area contributed by atoms with Gasteiger partial charge in [0.25, 0.3) is 17.5 Å². The number of sulfonamides is 1. The first-order valence-corrected chi connectivity index (χ1v) is 16.7. The van der Waals surface area contributed by atoms with Gasteiger partial charge in [0, 0.05) is 50.4 Å². The molecule has 14 nitrogen and oxygen atoms in total. The SMILES string of the molecule is COc1ccccc1C1NOC(C)=C1C(=O)N1CCN(c2cc(NC(=O)c3ccc(N(C)S(C)(=O)=O)cc3)c([N+](=O)[O-])cc2Cl)CC1. The molecule has 2 amide bonds. The number of nitrogens with one attached hydrogen (secondary N) is 2. The van der Waals surface area contributed by atoms with Crippen molar-refractivity contribution in [2.75, 3.05) is 61.1 Å². The van der Waals surface area contributed by atoms with Crippen LogP contribution in [0.3, 0.4) is 0 Å². The Hall–Kier alpha value is -4.86. The Morgan fingerprint density at radius 1 is 1.11 bits per heavy atom. The lowest BCUT2D eigenvalue weighted by Gasteiger charge is -2.37. The number of carbonyl (C=O) groups excluding carboxylic acids is 2. The Balaban J connectivity index is 1.32. The molecule has 248 valence electrons. The predicted octanol–water partition coefficient (Wildman–Crippen LogP) is 4.10.